The number of hydroxylamine groups is 1. The van der Waals surface area contributed by atoms with Crippen molar-refractivity contribution >= 4 is 28.8 Å². The van der Waals surface area contributed by atoms with Crippen molar-refractivity contribution in [2.75, 3.05) is 5.06 Å². The van der Waals surface area contributed by atoms with Crippen molar-refractivity contribution in [3.63, 3.8) is 0 Å². The second-order valence-electron chi connectivity index (χ2n) is 4.95. The first-order valence-corrected chi connectivity index (χ1v) is 6.82. The third kappa shape index (κ3) is 2.88. The number of hydrogen-bond donors (Lipinski definition) is 1. The molecule has 0 fully saturated rings. The maximum atomic E-state index is 12.1. The highest BCUT2D eigenvalue weighted by Gasteiger charge is 2.18. The molecule has 0 bridgehead atoms. The lowest BCUT2D eigenvalue weighted by Crippen LogP contribution is -2.14. The van der Waals surface area contributed by atoms with E-state index >= 15 is 0 Å². The summed E-state index contributed by atoms with van der Waals surface area (Å²) in [7, 11) is 0. The molecule has 0 heterocycles. The van der Waals surface area contributed by atoms with Crippen molar-refractivity contribution in [1.29, 1.82) is 0 Å². The predicted molar refractivity (Wildman–Crippen MR) is 85.8 cm³/mol. The van der Waals surface area contributed by atoms with E-state index in [1.54, 1.807) is 12.1 Å². The molecule has 0 saturated heterocycles. The van der Waals surface area contributed by atoms with Gasteiger partial charge in [-0.2, -0.15) is 0 Å². The standard InChI is InChI=1S/C17H12N2O4/c20-17-10-5-12-3-1-2-4-15(12)16(17)11-18(21)13-6-8-14(9-7-13)19(22)23/h1-11,21H/b16-11-. The second-order valence-corrected chi connectivity index (χ2v) is 4.95. The third-order valence-corrected chi connectivity index (χ3v) is 3.51. The van der Waals surface area contributed by atoms with Crippen LogP contribution < -0.4 is 5.06 Å². The number of carbonyl (C=O) groups excluding carboxylic acids is 1. The number of benzene rings is 2. The Morgan fingerprint density at radius 1 is 1.04 bits per heavy atom. The molecule has 0 aliphatic heterocycles. The maximum Gasteiger partial charge on any atom is 0.269 e. The van der Waals surface area contributed by atoms with Crippen LogP contribution in [0.15, 0.2) is 60.8 Å². The van der Waals surface area contributed by atoms with E-state index in [2.05, 4.69) is 0 Å². The molecule has 1 aliphatic rings. The number of nitro benzene ring substituents is 1. The van der Waals surface area contributed by atoms with Crippen LogP contribution in [-0.2, 0) is 4.79 Å². The number of non-ortho nitro benzene ring substituents is 1. The number of ketones is 1. The summed E-state index contributed by atoms with van der Waals surface area (Å²) in [5.74, 6) is -0.218. The molecule has 1 N–H and O–H groups in total. The van der Waals surface area contributed by atoms with E-state index in [1.165, 1.54) is 36.5 Å². The smallest absolute Gasteiger partial charge is 0.269 e. The van der Waals surface area contributed by atoms with Crippen LogP contribution in [0.25, 0.3) is 11.6 Å². The van der Waals surface area contributed by atoms with E-state index in [4.69, 9.17) is 0 Å². The van der Waals surface area contributed by atoms with Crippen molar-refractivity contribution in [1.82, 2.24) is 0 Å². The highest BCUT2D eigenvalue weighted by atomic mass is 16.6. The van der Waals surface area contributed by atoms with E-state index in [1.807, 2.05) is 18.2 Å². The number of nitrogens with zero attached hydrogens (tertiary/aromatic N) is 2. The minimum Gasteiger partial charge on any atom is -0.289 e. The Balaban J connectivity index is 1.95. The molecule has 114 valence electrons. The Morgan fingerprint density at radius 3 is 2.43 bits per heavy atom. The van der Waals surface area contributed by atoms with Gasteiger partial charge >= 0.3 is 0 Å². The molecule has 0 saturated carbocycles. The number of hydrogen-bond acceptors (Lipinski definition) is 5. The summed E-state index contributed by atoms with van der Waals surface area (Å²) in [6.45, 7) is 0. The Labute approximate surface area is 131 Å². The Kier molecular flexibility index (Phi) is 3.74. The number of anilines is 1. The average molecular weight is 308 g/mol. The molecule has 1 aliphatic carbocycles. The first-order valence-electron chi connectivity index (χ1n) is 6.82. The lowest BCUT2D eigenvalue weighted by atomic mass is 9.92. The van der Waals surface area contributed by atoms with Gasteiger partial charge in [-0.05, 0) is 29.3 Å². The normalized spacial score (nSPS) is 14.7. The fourth-order valence-electron chi connectivity index (χ4n) is 2.33. The summed E-state index contributed by atoms with van der Waals surface area (Å²) in [6.07, 6.45) is 4.48. The molecule has 6 heteroatoms. The molecule has 23 heavy (non-hydrogen) atoms. The zero-order chi connectivity index (χ0) is 16.4. The lowest BCUT2D eigenvalue weighted by Gasteiger charge is -2.17. The summed E-state index contributed by atoms with van der Waals surface area (Å²) in [4.78, 5) is 22.2. The first kappa shape index (κ1) is 14.7. The molecule has 2 aromatic carbocycles. The molecular weight excluding hydrogens is 296 g/mol. The van der Waals surface area contributed by atoms with E-state index in [9.17, 15) is 20.1 Å². The quantitative estimate of drug-likeness (QED) is 0.533. The number of allylic oxidation sites excluding steroid dienone is 2. The number of nitro groups is 1. The van der Waals surface area contributed by atoms with Gasteiger partial charge in [0.2, 0.25) is 0 Å². The van der Waals surface area contributed by atoms with E-state index in [-0.39, 0.29) is 11.5 Å². The van der Waals surface area contributed by atoms with Gasteiger partial charge in [-0.3, -0.25) is 20.1 Å². The van der Waals surface area contributed by atoms with Gasteiger partial charge < -0.3 is 0 Å². The third-order valence-electron chi connectivity index (χ3n) is 3.51. The van der Waals surface area contributed by atoms with Gasteiger partial charge in [0.1, 0.15) is 0 Å². The van der Waals surface area contributed by atoms with Gasteiger partial charge in [0.25, 0.3) is 5.69 Å². The van der Waals surface area contributed by atoms with Crippen molar-refractivity contribution < 1.29 is 14.9 Å². The van der Waals surface area contributed by atoms with Crippen molar-refractivity contribution in [3.05, 3.63) is 82.0 Å². The average Bonchev–Trinajstić information content (AvgIpc) is 2.57. The largest absolute Gasteiger partial charge is 0.289 e. The van der Waals surface area contributed by atoms with Gasteiger partial charge in [-0.1, -0.05) is 30.3 Å². The molecule has 0 atom stereocenters. The Bertz CT molecular complexity index is 838. The second kappa shape index (κ2) is 5.86. The summed E-state index contributed by atoms with van der Waals surface area (Å²) < 4.78 is 0. The molecule has 0 spiro atoms. The van der Waals surface area contributed by atoms with Crippen LogP contribution in [0.1, 0.15) is 11.1 Å². The molecule has 0 amide bonds. The number of rotatable bonds is 3. The topological polar surface area (TPSA) is 83.7 Å². The zero-order valence-electron chi connectivity index (χ0n) is 11.9. The number of carbonyl (C=O) groups is 1. The fraction of sp³-hybridized carbons (Fsp3) is 0. The summed E-state index contributed by atoms with van der Waals surface area (Å²) in [6, 6.07) is 12.7. The molecule has 3 rings (SSSR count). The molecule has 0 radical (unpaired) electrons. The fourth-order valence-corrected chi connectivity index (χ4v) is 2.33. The minimum atomic E-state index is -0.518. The molecule has 0 unspecified atom stereocenters. The molecule has 0 aromatic heterocycles. The lowest BCUT2D eigenvalue weighted by molar-refractivity contribution is -0.384. The van der Waals surface area contributed by atoms with E-state index in [0.717, 1.165) is 16.2 Å². The minimum absolute atomic E-state index is 0.0724. The Morgan fingerprint density at radius 2 is 1.74 bits per heavy atom. The van der Waals surface area contributed by atoms with Crippen molar-refractivity contribution in [2.24, 2.45) is 0 Å². The first-order chi connectivity index (χ1) is 11.1. The summed E-state index contributed by atoms with van der Waals surface area (Å²) in [5.41, 5.74) is 2.21. The van der Waals surface area contributed by atoms with Gasteiger partial charge in [-0.25, -0.2) is 5.06 Å². The molecule has 2 aromatic rings. The van der Waals surface area contributed by atoms with E-state index in [0.29, 0.717) is 11.3 Å². The van der Waals surface area contributed by atoms with Crippen LogP contribution >= 0.6 is 0 Å². The molecule has 6 nitrogen and oxygen atoms in total. The van der Waals surface area contributed by atoms with Gasteiger partial charge in [-0.15, -0.1) is 0 Å². The van der Waals surface area contributed by atoms with Gasteiger partial charge in [0.15, 0.2) is 5.78 Å². The van der Waals surface area contributed by atoms with Crippen LogP contribution in [0.4, 0.5) is 11.4 Å². The highest BCUT2D eigenvalue weighted by Crippen LogP contribution is 2.28. The van der Waals surface area contributed by atoms with Crippen LogP contribution in [0, 0.1) is 10.1 Å². The highest BCUT2D eigenvalue weighted by molar-refractivity contribution is 6.30. The molecular formula is C17H12N2O4. The zero-order valence-corrected chi connectivity index (χ0v) is 11.9. The summed E-state index contributed by atoms with van der Waals surface area (Å²) >= 11 is 0. The van der Waals surface area contributed by atoms with Crippen molar-refractivity contribution in [2.45, 2.75) is 0 Å². The van der Waals surface area contributed by atoms with E-state index < -0.39 is 4.92 Å². The van der Waals surface area contributed by atoms with Crippen LogP contribution in [0.3, 0.4) is 0 Å². The van der Waals surface area contributed by atoms with Crippen molar-refractivity contribution in [3.8, 4) is 0 Å². The predicted octanol–water partition coefficient (Wildman–Crippen LogP) is 3.43. The maximum absolute atomic E-state index is 12.1. The SMILES string of the molecule is O=C1C=Cc2ccccc2/C1=C/N(O)c1ccc([N+](=O)[O-])cc1. The Hall–Kier alpha value is -3.25. The van der Waals surface area contributed by atoms with Gasteiger partial charge in [0.05, 0.1) is 10.6 Å². The van der Waals surface area contributed by atoms with Crippen LogP contribution in [0.2, 0.25) is 0 Å². The van der Waals surface area contributed by atoms with Crippen LogP contribution in [0.5, 0.6) is 0 Å². The van der Waals surface area contributed by atoms with Crippen LogP contribution in [-0.4, -0.2) is 15.9 Å². The number of fused-ring (bicyclic) bond motifs is 1. The van der Waals surface area contributed by atoms with Gasteiger partial charge in [0, 0.05) is 23.9 Å². The summed E-state index contributed by atoms with van der Waals surface area (Å²) in [5, 5.41) is 21.6. The monoisotopic (exact) mass is 308 g/mol.